The first-order chi connectivity index (χ1) is 21.8. The van der Waals surface area contributed by atoms with Crippen molar-refractivity contribution in [1.29, 1.82) is 0 Å². The van der Waals surface area contributed by atoms with E-state index in [0.29, 0.717) is 12.4 Å². The van der Waals surface area contributed by atoms with E-state index < -0.39 is 27.6 Å². The predicted molar refractivity (Wildman–Crippen MR) is 193 cm³/mol. The minimum Gasteiger partial charge on any atom is -0.493 e. The minimum absolute atomic E-state index is 0.0445. The Morgan fingerprint density at radius 2 is 1.39 bits per heavy atom. The van der Waals surface area contributed by atoms with Crippen LogP contribution in [0.1, 0.15) is 150 Å². The number of thiol groups is 1. The van der Waals surface area contributed by atoms with Gasteiger partial charge in [-0.05, 0) is 56.9 Å². The summed E-state index contributed by atoms with van der Waals surface area (Å²) in [6.07, 6.45) is 18.6. The highest BCUT2D eigenvalue weighted by atomic mass is 32.1. The molecule has 0 bridgehead atoms. The molecule has 2 atom stereocenters. The molecule has 46 heavy (non-hydrogen) atoms. The van der Waals surface area contributed by atoms with Crippen LogP contribution in [0.5, 0.6) is 11.5 Å². The standard InChI is InChI=1S/C38H62N2O5S/c1-9-11-13-15-16-17-18-19-20-22-26-44-35(42)38(6,46)30-37(5,29-36(3,4)39-7)34(41)45-32-24-23-31(27-33(32)43-8)28-40-25-21-14-12-10-2/h23-24,27-28,46H,9-22,25-26,29-30H2,1-6,8H3. The second-order valence-corrected chi connectivity index (χ2v) is 14.8. The fourth-order valence-corrected chi connectivity index (χ4v) is 6.23. The molecule has 0 aliphatic carbocycles. The molecule has 7 nitrogen and oxygen atoms in total. The van der Waals surface area contributed by atoms with Gasteiger partial charge in [0.2, 0.25) is 5.54 Å². The van der Waals surface area contributed by atoms with E-state index in [1.165, 1.54) is 64.9 Å². The van der Waals surface area contributed by atoms with Crippen molar-refractivity contribution in [3.05, 3.63) is 35.2 Å². The van der Waals surface area contributed by atoms with Crippen molar-refractivity contribution in [1.82, 2.24) is 0 Å². The monoisotopic (exact) mass is 658 g/mol. The molecule has 0 saturated carbocycles. The van der Waals surface area contributed by atoms with Gasteiger partial charge in [-0.1, -0.05) is 90.9 Å². The number of hydrogen-bond donors (Lipinski definition) is 1. The number of benzene rings is 1. The van der Waals surface area contributed by atoms with Crippen molar-refractivity contribution in [2.45, 2.75) is 155 Å². The third-order valence-electron chi connectivity index (χ3n) is 8.29. The minimum atomic E-state index is -1.26. The lowest BCUT2D eigenvalue weighted by molar-refractivity contribution is -0.151. The summed E-state index contributed by atoms with van der Waals surface area (Å²) in [6.45, 7) is 20.2. The molecule has 1 rings (SSSR count). The summed E-state index contributed by atoms with van der Waals surface area (Å²) in [4.78, 5) is 35.3. The fraction of sp³-hybridized carbons (Fsp3) is 0.737. The van der Waals surface area contributed by atoms with E-state index in [4.69, 9.17) is 33.4 Å². The summed E-state index contributed by atoms with van der Waals surface area (Å²) in [5.74, 6) is -0.353. The molecular weight excluding hydrogens is 596 g/mol. The molecule has 260 valence electrons. The van der Waals surface area contributed by atoms with Gasteiger partial charge < -0.3 is 19.1 Å². The van der Waals surface area contributed by atoms with Crippen LogP contribution >= 0.6 is 12.6 Å². The van der Waals surface area contributed by atoms with Crippen molar-refractivity contribution < 1.29 is 23.8 Å². The Morgan fingerprint density at radius 3 is 1.96 bits per heavy atom. The first kappa shape index (κ1) is 41.5. The number of methoxy groups -OCH3 is 1. The third kappa shape index (κ3) is 16.3. The van der Waals surface area contributed by atoms with Crippen LogP contribution < -0.4 is 9.47 Å². The Bertz CT molecular complexity index is 1110. The van der Waals surface area contributed by atoms with E-state index in [9.17, 15) is 9.59 Å². The molecule has 0 radical (unpaired) electrons. The fourth-order valence-electron chi connectivity index (χ4n) is 5.81. The van der Waals surface area contributed by atoms with Crippen LogP contribution in [-0.4, -0.2) is 48.7 Å². The normalized spacial score (nSPS) is 14.3. The average molecular weight is 659 g/mol. The molecule has 2 unspecified atom stereocenters. The molecule has 0 heterocycles. The van der Waals surface area contributed by atoms with E-state index in [1.54, 1.807) is 46.0 Å². The lowest BCUT2D eigenvalue weighted by Gasteiger charge is -2.35. The SMILES string of the molecule is [C-]#[N+]C(C)(C)CC(C)(CC(C)(S)C(=O)OCCCCCCCCCCCC)C(=O)Oc1ccc(C=NCCCCCC)cc1OC. The molecule has 0 N–H and O–H groups in total. The maximum Gasteiger partial charge on any atom is 0.321 e. The lowest BCUT2D eigenvalue weighted by atomic mass is 9.73. The Morgan fingerprint density at radius 1 is 0.826 bits per heavy atom. The zero-order valence-electron chi connectivity index (χ0n) is 29.9. The summed E-state index contributed by atoms with van der Waals surface area (Å²) in [5.41, 5.74) is -1.22. The number of carbonyl (C=O) groups is 2. The van der Waals surface area contributed by atoms with Gasteiger partial charge in [0.05, 0.1) is 19.1 Å². The number of esters is 2. The Labute approximate surface area is 285 Å². The number of carbonyl (C=O) groups excluding carboxylic acids is 2. The van der Waals surface area contributed by atoms with Crippen molar-refractivity contribution >= 4 is 30.8 Å². The lowest BCUT2D eigenvalue weighted by Crippen LogP contribution is -2.45. The zero-order chi connectivity index (χ0) is 34.5. The maximum absolute atomic E-state index is 13.8. The van der Waals surface area contributed by atoms with Crippen molar-refractivity contribution in [2.75, 3.05) is 20.3 Å². The van der Waals surface area contributed by atoms with Crippen molar-refractivity contribution in [3.8, 4) is 11.5 Å². The summed E-state index contributed by atoms with van der Waals surface area (Å²) in [5, 5.41) is 0. The number of ether oxygens (including phenoxy) is 3. The largest absolute Gasteiger partial charge is 0.493 e. The summed E-state index contributed by atoms with van der Waals surface area (Å²) >= 11 is 4.69. The van der Waals surface area contributed by atoms with Gasteiger partial charge in [-0.15, -0.1) is 0 Å². The van der Waals surface area contributed by atoms with Crippen LogP contribution in [0.3, 0.4) is 0 Å². The number of nitrogens with zero attached hydrogens (tertiary/aromatic N) is 2. The van der Waals surface area contributed by atoms with Gasteiger partial charge in [0, 0.05) is 33.0 Å². The summed E-state index contributed by atoms with van der Waals surface area (Å²) in [7, 11) is 1.52. The smallest absolute Gasteiger partial charge is 0.321 e. The first-order valence-corrected chi connectivity index (χ1v) is 18.0. The number of aliphatic imine (C=N–C) groups is 1. The van der Waals surface area contributed by atoms with Crippen LogP contribution in [0.15, 0.2) is 23.2 Å². The third-order valence-corrected chi connectivity index (χ3v) is 8.64. The summed E-state index contributed by atoms with van der Waals surface area (Å²) in [6, 6.07) is 5.30. The average Bonchev–Trinajstić information content (AvgIpc) is 3.01. The topological polar surface area (TPSA) is 78.6 Å². The molecule has 0 amide bonds. The molecule has 8 heteroatoms. The first-order valence-electron chi connectivity index (χ1n) is 17.5. The van der Waals surface area contributed by atoms with Gasteiger partial charge >= 0.3 is 11.9 Å². The second kappa shape index (κ2) is 22.1. The van der Waals surface area contributed by atoms with Crippen molar-refractivity contribution in [3.63, 3.8) is 0 Å². The van der Waals surface area contributed by atoms with Gasteiger partial charge in [-0.25, -0.2) is 6.57 Å². The van der Waals surface area contributed by atoms with E-state index in [0.717, 1.165) is 44.2 Å². The molecule has 0 saturated heterocycles. The van der Waals surface area contributed by atoms with Gasteiger partial charge in [0.1, 0.15) is 4.75 Å². The number of hydrogen-bond acceptors (Lipinski definition) is 7. The van der Waals surface area contributed by atoms with Crippen LogP contribution in [-0.2, 0) is 14.3 Å². The Balaban J connectivity index is 2.85. The van der Waals surface area contributed by atoms with Gasteiger partial charge in [0.15, 0.2) is 11.5 Å². The highest BCUT2D eigenvalue weighted by molar-refractivity contribution is 7.82. The Kier molecular flexibility index (Phi) is 19.9. The number of rotatable bonds is 25. The van der Waals surface area contributed by atoms with Gasteiger partial charge in [-0.2, -0.15) is 12.6 Å². The van der Waals surface area contributed by atoms with Crippen LogP contribution in [0.25, 0.3) is 4.85 Å². The number of unbranched alkanes of at least 4 members (excludes halogenated alkanes) is 12. The maximum atomic E-state index is 13.8. The van der Waals surface area contributed by atoms with Crippen LogP contribution in [0.4, 0.5) is 0 Å². The quantitative estimate of drug-likeness (QED) is 0.0282. The van der Waals surface area contributed by atoms with E-state index in [-0.39, 0.29) is 18.6 Å². The molecule has 1 aromatic rings. The molecule has 0 aliphatic heterocycles. The van der Waals surface area contributed by atoms with Crippen LogP contribution in [0, 0.1) is 12.0 Å². The molecule has 0 aliphatic rings. The van der Waals surface area contributed by atoms with E-state index in [1.807, 2.05) is 6.07 Å². The summed E-state index contributed by atoms with van der Waals surface area (Å²) < 4.78 is 15.8. The van der Waals surface area contributed by atoms with E-state index >= 15 is 0 Å². The van der Waals surface area contributed by atoms with Gasteiger partial charge in [0.25, 0.3) is 0 Å². The molecular formula is C38H62N2O5S. The van der Waals surface area contributed by atoms with Crippen molar-refractivity contribution in [2.24, 2.45) is 10.4 Å². The zero-order valence-corrected chi connectivity index (χ0v) is 30.8. The van der Waals surface area contributed by atoms with E-state index in [2.05, 4.69) is 23.7 Å². The Hall–Kier alpha value is -2.53. The molecule has 0 aromatic heterocycles. The molecule has 0 spiro atoms. The second-order valence-electron chi connectivity index (χ2n) is 13.8. The predicted octanol–water partition coefficient (Wildman–Crippen LogP) is 10.2. The highest BCUT2D eigenvalue weighted by Crippen LogP contribution is 2.42. The molecule has 1 aromatic carbocycles. The molecule has 0 fully saturated rings. The van der Waals surface area contributed by atoms with Gasteiger partial charge in [-0.3, -0.25) is 14.6 Å². The highest BCUT2D eigenvalue weighted by Gasteiger charge is 2.49. The van der Waals surface area contributed by atoms with Crippen LogP contribution in [0.2, 0.25) is 0 Å².